The second-order valence-corrected chi connectivity index (χ2v) is 3.46. The van der Waals surface area contributed by atoms with Crippen LogP contribution in [0, 0.1) is 0 Å². The SMILES string of the molecule is CC.CC1OC(C(F)(F)P)CNC1=O. The van der Waals surface area contributed by atoms with Crippen LogP contribution >= 0.6 is 9.24 Å². The molecule has 84 valence electrons. The molecule has 14 heavy (non-hydrogen) atoms. The first kappa shape index (κ1) is 13.7. The molecule has 1 heterocycles. The number of amides is 1. The molecule has 1 N–H and O–H groups in total. The van der Waals surface area contributed by atoms with Crippen LogP contribution < -0.4 is 5.32 Å². The predicted molar refractivity (Wildman–Crippen MR) is 53.3 cm³/mol. The van der Waals surface area contributed by atoms with E-state index in [-0.39, 0.29) is 12.5 Å². The Morgan fingerprint density at radius 3 is 2.43 bits per heavy atom. The molecule has 6 heteroatoms. The van der Waals surface area contributed by atoms with Gasteiger partial charge >= 0.3 is 0 Å². The number of nitrogens with one attached hydrogen (secondary N) is 1. The Morgan fingerprint density at radius 1 is 1.57 bits per heavy atom. The molecule has 1 aliphatic heterocycles. The molecule has 1 saturated heterocycles. The minimum absolute atomic E-state index is 0.139. The average Bonchev–Trinajstić information content (AvgIpc) is 2.11. The van der Waals surface area contributed by atoms with E-state index in [1.807, 2.05) is 13.8 Å². The third-order valence-electron chi connectivity index (χ3n) is 1.63. The fraction of sp³-hybridized carbons (Fsp3) is 0.875. The summed E-state index contributed by atoms with van der Waals surface area (Å²) in [5.41, 5.74) is -2.98. The summed E-state index contributed by atoms with van der Waals surface area (Å²) in [5.74, 6) is -0.347. The molecule has 0 spiro atoms. The fourth-order valence-corrected chi connectivity index (χ4v) is 1.12. The van der Waals surface area contributed by atoms with Crippen LogP contribution in [0.25, 0.3) is 0 Å². The first-order valence-electron chi connectivity index (χ1n) is 4.51. The summed E-state index contributed by atoms with van der Waals surface area (Å²) in [5, 5.41) is 2.33. The third kappa shape index (κ3) is 3.84. The zero-order valence-corrected chi connectivity index (χ0v) is 9.67. The van der Waals surface area contributed by atoms with Crippen LogP contribution in [-0.2, 0) is 9.53 Å². The van der Waals surface area contributed by atoms with Crippen molar-refractivity contribution >= 4 is 15.1 Å². The van der Waals surface area contributed by atoms with Crippen LogP contribution in [0.5, 0.6) is 0 Å². The number of ether oxygens (including phenoxy) is 1. The second kappa shape index (κ2) is 5.56. The standard InChI is InChI=1S/C6H10F2NO2P.C2H6/c1-3-5(10)9-2-4(11-3)6(7,8)12;1-2/h3-4H,2,12H2,1H3,(H,9,10);1-2H3. The molecule has 1 aliphatic rings. The Labute approximate surface area is 84.8 Å². The molecular weight excluding hydrogens is 211 g/mol. The molecule has 0 aromatic carbocycles. The van der Waals surface area contributed by atoms with Gasteiger partial charge in [-0.3, -0.25) is 4.79 Å². The summed E-state index contributed by atoms with van der Waals surface area (Å²) < 4.78 is 30.0. The summed E-state index contributed by atoms with van der Waals surface area (Å²) in [7, 11) is 1.40. The largest absolute Gasteiger partial charge is 0.357 e. The van der Waals surface area contributed by atoms with Crippen molar-refractivity contribution in [1.82, 2.24) is 5.32 Å². The monoisotopic (exact) mass is 227 g/mol. The topological polar surface area (TPSA) is 38.3 Å². The van der Waals surface area contributed by atoms with Gasteiger partial charge in [-0.2, -0.15) is 8.78 Å². The van der Waals surface area contributed by atoms with E-state index in [2.05, 4.69) is 5.32 Å². The average molecular weight is 227 g/mol. The number of hydrogen-bond acceptors (Lipinski definition) is 2. The van der Waals surface area contributed by atoms with Crippen molar-refractivity contribution in [3.8, 4) is 0 Å². The lowest BCUT2D eigenvalue weighted by molar-refractivity contribution is -0.158. The second-order valence-electron chi connectivity index (χ2n) is 2.69. The van der Waals surface area contributed by atoms with Gasteiger partial charge in [-0.15, -0.1) is 0 Å². The normalized spacial score (nSPS) is 27.4. The minimum Gasteiger partial charge on any atom is -0.357 e. The van der Waals surface area contributed by atoms with Gasteiger partial charge in [0.25, 0.3) is 5.66 Å². The molecule has 0 saturated carbocycles. The van der Waals surface area contributed by atoms with E-state index in [1.54, 1.807) is 0 Å². The Morgan fingerprint density at radius 2 is 2.07 bits per heavy atom. The van der Waals surface area contributed by atoms with Crippen molar-refractivity contribution < 1.29 is 18.3 Å². The summed E-state index contributed by atoms with van der Waals surface area (Å²) in [6.07, 6.45) is -2.04. The number of alkyl halides is 2. The van der Waals surface area contributed by atoms with Gasteiger partial charge in [0.2, 0.25) is 5.91 Å². The molecule has 0 bridgehead atoms. The van der Waals surface area contributed by atoms with Gasteiger partial charge in [0.15, 0.2) is 0 Å². The molecule has 3 atom stereocenters. The van der Waals surface area contributed by atoms with Gasteiger partial charge in [-0.05, 0) is 6.92 Å². The lowest BCUT2D eigenvalue weighted by Gasteiger charge is -2.31. The lowest BCUT2D eigenvalue weighted by atomic mass is 10.2. The highest BCUT2D eigenvalue weighted by atomic mass is 31.0. The van der Waals surface area contributed by atoms with Crippen LogP contribution in [0.15, 0.2) is 0 Å². The van der Waals surface area contributed by atoms with Crippen molar-refractivity contribution in [3.05, 3.63) is 0 Å². The van der Waals surface area contributed by atoms with Crippen LogP contribution in [0.1, 0.15) is 20.8 Å². The lowest BCUT2D eigenvalue weighted by Crippen LogP contribution is -2.52. The zero-order chi connectivity index (χ0) is 11.4. The summed E-state index contributed by atoms with van der Waals surface area (Å²) in [6.45, 7) is 5.30. The number of rotatable bonds is 1. The third-order valence-corrected chi connectivity index (χ3v) is 2.00. The maximum absolute atomic E-state index is 12.6. The fourth-order valence-electron chi connectivity index (χ4n) is 0.920. The highest BCUT2D eigenvalue weighted by Gasteiger charge is 2.40. The molecule has 3 unspecified atom stereocenters. The van der Waals surface area contributed by atoms with Crippen molar-refractivity contribution in [2.45, 2.75) is 38.6 Å². The first-order chi connectivity index (χ1) is 6.41. The quantitative estimate of drug-likeness (QED) is 0.687. The maximum atomic E-state index is 12.6. The molecule has 1 fully saturated rings. The molecule has 0 aliphatic carbocycles. The summed E-state index contributed by atoms with van der Waals surface area (Å²) in [4.78, 5) is 10.8. The van der Waals surface area contributed by atoms with E-state index < -0.39 is 17.9 Å². The Kier molecular flexibility index (Phi) is 5.45. The maximum Gasteiger partial charge on any atom is 0.286 e. The van der Waals surface area contributed by atoms with Crippen LogP contribution in [0.2, 0.25) is 0 Å². The van der Waals surface area contributed by atoms with Gasteiger partial charge in [0.1, 0.15) is 12.2 Å². The summed E-state index contributed by atoms with van der Waals surface area (Å²) in [6, 6.07) is 0. The van der Waals surface area contributed by atoms with Crippen molar-refractivity contribution in [2.75, 3.05) is 6.54 Å². The molecule has 0 radical (unpaired) electrons. The first-order valence-corrected chi connectivity index (χ1v) is 5.09. The number of carbonyl (C=O) groups excluding carboxylic acids is 1. The van der Waals surface area contributed by atoms with E-state index >= 15 is 0 Å². The Balaban J connectivity index is 0.000000791. The Bertz CT molecular complexity index is 196. The van der Waals surface area contributed by atoms with E-state index in [4.69, 9.17) is 4.74 Å². The minimum atomic E-state index is -2.98. The van der Waals surface area contributed by atoms with E-state index in [0.717, 1.165) is 0 Å². The molecular formula is C8H16F2NO2P. The van der Waals surface area contributed by atoms with E-state index in [9.17, 15) is 13.6 Å². The molecule has 1 amide bonds. The highest BCUT2D eigenvalue weighted by Crippen LogP contribution is 2.30. The van der Waals surface area contributed by atoms with E-state index in [0.29, 0.717) is 0 Å². The van der Waals surface area contributed by atoms with Gasteiger partial charge in [-0.1, -0.05) is 23.1 Å². The molecule has 1 rings (SSSR count). The van der Waals surface area contributed by atoms with Gasteiger partial charge in [0, 0.05) is 0 Å². The van der Waals surface area contributed by atoms with Crippen molar-refractivity contribution in [3.63, 3.8) is 0 Å². The van der Waals surface area contributed by atoms with Gasteiger partial charge < -0.3 is 10.1 Å². The van der Waals surface area contributed by atoms with Crippen molar-refractivity contribution in [2.24, 2.45) is 0 Å². The van der Waals surface area contributed by atoms with Crippen molar-refractivity contribution in [1.29, 1.82) is 0 Å². The zero-order valence-electron chi connectivity index (χ0n) is 8.51. The number of carbonyl (C=O) groups is 1. The highest BCUT2D eigenvalue weighted by molar-refractivity contribution is 7.18. The molecule has 0 aromatic rings. The van der Waals surface area contributed by atoms with Gasteiger partial charge in [0.05, 0.1) is 6.54 Å². The van der Waals surface area contributed by atoms with Crippen LogP contribution in [-0.4, -0.2) is 30.3 Å². The predicted octanol–water partition coefficient (Wildman–Crippen LogP) is 1.38. The van der Waals surface area contributed by atoms with Crippen LogP contribution in [0.4, 0.5) is 8.78 Å². The molecule has 0 aromatic heterocycles. The van der Waals surface area contributed by atoms with Crippen LogP contribution in [0.3, 0.4) is 0 Å². The molecule has 3 nitrogen and oxygen atoms in total. The van der Waals surface area contributed by atoms with Gasteiger partial charge in [-0.25, -0.2) is 0 Å². The smallest absolute Gasteiger partial charge is 0.286 e. The number of hydrogen-bond donors (Lipinski definition) is 1. The number of morpholine rings is 1. The summed E-state index contributed by atoms with van der Waals surface area (Å²) >= 11 is 0. The Hall–Kier alpha value is -0.280. The number of halogens is 2. The van der Waals surface area contributed by atoms with E-state index in [1.165, 1.54) is 16.2 Å².